The van der Waals surface area contributed by atoms with E-state index in [4.69, 9.17) is 19.3 Å². The van der Waals surface area contributed by atoms with E-state index in [-0.39, 0.29) is 6.04 Å². The summed E-state index contributed by atoms with van der Waals surface area (Å²) in [5.41, 5.74) is 2.98. The molecule has 0 bridgehead atoms. The summed E-state index contributed by atoms with van der Waals surface area (Å²) < 4.78 is 18.1. The zero-order valence-corrected chi connectivity index (χ0v) is 18.6. The molecule has 2 aromatic rings. The van der Waals surface area contributed by atoms with Crippen molar-refractivity contribution in [3.63, 3.8) is 0 Å². The summed E-state index contributed by atoms with van der Waals surface area (Å²) in [6, 6.07) is 14.6. The maximum Gasteiger partial charge on any atom is 0.200 e. The van der Waals surface area contributed by atoms with Crippen molar-refractivity contribution in [2.75, 3.05) is 33.4 Å². The highest BCUT2D eigenvalue weighted by atomic mass is 16.5. The van der Waals surface area contributed by atoms with Gasteiger partial charge in [0.15, 0.2) is 11.5 Å². The Hall–Kier alpha value is -2.73. The number of rotatable bonds is 5. The largest absolute Gasteiger partial charge is 0.494 e. The highest BCUT2D eigenvalue weighted by Crippen LogP contribution is 2.52. The summed E-state index contributed by atoms with van der Waals surface area (Å²) in [6.45, 7) is 7.99. The maximum atomic E-state index is 6.77. The van der Waals surface area contributed by atoms with Crippen LogP contribution >= 0.6 is 0 Å². The van der Waals surface area contributed by atoms with Crippen molar-refractivity contribution in [3.8, 4) is 17.2 Å². The molecule has 1 spiro atoms. The van der Waals surface area contributed by atoms with Crippen LogP contribution in [-0.4, -0.2) is 54.7 Å². The molecule has 31 heavy (non-hydrogen) atoms. The number of hydrogen-bond acceptors (Lipinski definition) is 6. The first-order chi connectivity index (χ1) is 15.2. The molecule has 164 valence electrons. The van der Waals surface area contributed by atoms with E-state index >= 15 is 0 Å². The van der Waals surface area contributed by atoms with E-state index in [0.29, 0.717) is 6.61 Å². The van der Waals surface area contributed by atoms with Crippen molar-refractivity contribution in [1.82, 2.24) is 9.91 Å². The molecule has 6 nitrogen and oxygen atoms in total. The Labute approximate surface area is 184 Å². The number of methoxy groups -OCH3 is 1. The third-order valence-electron chi connectivity index (χ3n) is 6.79. The van der Waals surface area contributed by atoms with Crippen LogP contribution in [0.2, 0.25) is 0 Å². The van der Waals surface area contributed by atoms with E-state index in [1.54, 1.807) is 7.11 Å². The fraction of sp³-hybridized carbons (Fsp3) is 0.480. The van der Waals surface area contributed by atoms with Gasteiger partial charge in [-0.2, -0.15) is 5.10 Å². The second kappa shape index (κ2) is 8.08. The predicted octanol–water partition coefficient (Wildman–Crippen LogP) is 4.45. The molecular weight excluding hydrogens is 390 g/mol. The number of ether oxygens (including phenoxy) is 3. The standard InChI is InChI=1S/C25H31N3O3/c1-4-27-15-13-25(14-16-27)28-22(20-7-6-8-23(29-3)24(20)31-25)17-21(26-28)18-9-11-19(12-10-18)30-5-2/h6-12,22H,4-5,13-17H2,1-3H3. The van der Waals surface area contributed by atoms with E-state index < -0.39 is 5.72 Å². The SMILES string of the molecule is CCOc1ccc(C2=NN3C(C2)c2cccc(OC)c2OC32CCN(CC)CC2)cc1. The zero-order valence-electron chi connectivity index (χ0n) is 18.6. The molecule has 1 fully saturated rings. The average molecular weight is 422 g/mol. The molecule has 3 aliphatic rings. The highest BCUT2D eigenvalue weighted by Gasteiger charge is 2.52. The molecule has 1 unspecified atom stereocenters. The zero-order chi connectivity index (χ0) is 21.4. The molecule has 0 amide bonds. The number of hydrazone groups is 1. The van der Waals surface area contributed by atoms with Gasteiger partial charge in [0, 0.05) is 37.9 Å². The van der Waals surface area contributed by atoms with E-state index in [0.717, 1.165) is 73.0 Å². The minimum atomic E-state index is -0.426. The van der Waals surface area contributed by atoms with Crippen LogP contribution in [0.25, 0.3) is 0 Å². The number of nitrogens with zero attached hydrogens (tertiary/aromatic N) is 3. The van der Waals surface area contributed by atoms with Gasteiger partial charge in [-0.1, -0.05) is 19.1 Å². The van der Waals surface area contributed by atoms with E-state index in [2.05, 4.69) is 35.0 Å². The lowest BCUT2D eigenvalue weighted by Crippen LogP contribution is -2.59. The highest BCUT2D eigenvalue weighted by molar-refractivity contribution is 6.02. The monoisotopic (exact) mass is 421 g/mol. The molecule has 0 radical (unpaired) electrons. The van der Waals surface area contributed by atoms with Crippen LogP contribution in [0.4, 0.5) is 0 Å². The number of hydrogen-bond donors (Lipinski definition) is 0. The first-order valence-corrected chi connectivity index (χ1v) is 11.4. The topological polar surface area (TPSA) is 46.5 Å². The smallest absolute Gasteiger partial charge is 0.200 e. The molecule has 3 aliphatic heterocycles. The van der Waals surface area contributed by atoms with Crippen molar-refractivity contribution < 1.29 is 14.2 Å². The molecule has 2 aromatic carbocycles. The van der Waals surface area contributed by atoms with E-state index in [1.807, 2.05) is 31.2 Å². The first-order valence-electron chi connectivity index (χ1n) is 11.4. The molecule has 0 aromatic heterocycles. The van der Waals surface area contributed by atoms with Crippen LogP contribution < -0.4 is 14.2 Å². The third-order valence-corrected chi connectivity index (χ3v) is 6.79. The molecule has 1 saturated heterocycles. The summed E-state index contributed by atoms with van der Waals surface area (Å²) in [7, 11) is 1.72. The summed E-state index contributed by atoms with van der Waals surface area (Å²) in [5, 5.41) is 7.42. The van der Waals surface area contributed by atoms with Crippen molar-refractivity contribution in [2.45, 2.75) is 44.9 Å². The van der Waals surface area contributed by atoms with E-state index in [9.17, 15) is 0 Å². The quantitative estimate of drug-likeness (QED) is 0.714. The van der Waals surface area contributed by atoms with Crippen LogP contribution in [0, 0.1) is 0 Å². The predicted molar refractivity (Wildman–Crippen MR) is 121 cm³/mol. The number of benzene rings is 2. The maximum absolute atomic E-state index is 6.77. The van der Waals surface area contributed by atoms with Crippen molar-refractivity contribution in [3.05, 3.63) is 53.6 Å². The second-order valence-corrected chi connectivity index (χ2v) is 8.43. The fourth-order valence-corrected chi connectivity index (χ4v) is 5.06. The average Bonchev–Trinajstić information content (AvgIpc) is 3.27. The Bertz CT molecular complexity index is 964. The number of likely N-dealkylation sites (tertiary alicyclic amines) is 1. The molecule has 0 saturated carbocycles. The summed E-state index contributed by atoms with van der Waals surface area (Å²) in [5.74, 6) is 2.59. The van der Waals surface area contributed by atoms with Crippen LogP contribution in [-0.2, 0) is 0 Å². The number of fused-ring (bicyclic) bond motifs is 4. The van der Waals surface area contributed by atoms with Crippen LogP contribution in [0.3, 0.4) is 0 Å². The van der Waals surface area contributed by atoms with Gasteiger partial charge in [0.25, 0.3) is 0 Å². The third kappa shape index (κ3) is 3.43. The first kappa shape index (κ1) is 20.2. The normalized spacial score (nSPS) is 21.8. The van der Waals surface area contributed by atoms with Gasteiger partial charge >= 0.3 is 0 Å². The Balaban J connectivity index is 1.53. The van der Waals surface area contributed by atoms with Crippen LogP contribution in [0.1, 0.15) is 50.3 Å². The molecular formula is C25H31N3O3. The minimum Gasteiger partial charge on any atom is -0.494 e. The lowest BCUT2D eigenvalue weighted by Gasteiger charge is -2.51. The van der Waals surface area contributed by atoms with E-state index in [1.165, 1.54) is 0 Å². The van der Waals surface area contributed by atoms with Gasteiger partial charge in [0.2, 0.25) is 5.72 Å². The Morgan fingerprint density at radius 2 is 1.87 bits per heavy atom. The molecule has 5 rings (SSSR count). The molecule has 6 heteroatoms. The number of para-hydroxylation sites is 1. The van der Waals surface area contributed by atoms with Gasteiger partial charge in [0.05, 0.1) is 25.5 Å². The van der Waals surface area contributed by atoms with Gasteiger partial charge in [0.1, 0.15) is 5.75 Å². The lowest BCUT2D eigenvalue weighted by molar-refractivity contribution is -0.150. The fourth-order valence-electron chi connectivity index (χ4n) is 5.06. The summed E-state index contributed by atoms with van der Waals surface area (Å²) in [6.07, 6.45) is 2.71. The Morgan fingerprint density at radius 3 is 2.55 bits per heavy atom. The van der Waals surface area contributed by atoms with Crippen LogP contribution in [0.15, 0.2) is 47.6 Å². The van der Waals surface area contributed by atoms with Gasteiger partial charge in [-0.3, -0.25) is 0 Å². The Kier molecular flexibility index (Phi) is 5.26. The number of piperidine rings is 1. The molecule has 1 atom stereocenters. The van der Waals surface area contributed by atoms with Gasteiger partial charge in [-0.05, 0) is 49.4 Å². The molecule has 0 aliphatic carbocycles. The molecule has 3 heterocycles. The lowest BCUT2D eigenvalue weighted by atomic mass is 9.90. The van der Waals surface area contributed by atoms with Gasteiger partial charge < -0.3 is 19.1 Å². The van der Waals surface area contributed by atoms with Crippen molar-refractivity contribution in [1.29, 1.82) is 0 Å². The summed E-state index contributed by atoms with van der Waals surface area (Å²) in [4.78, 5) is 2.48. The van der Waals surface area contributed by atoms with Crippen molar-refractivity contribution in [2.24, 2.45) is 5.10 Å². The summed E-state index contributed by atoms with van der Waals surface area (Å²) >= 11 is 0. The van der Waals surface area contributed by atoms with Crippen LogP contribution in [0.5, 0.6) is 17.2 Å². The van der Waals surface area contributed by atoms with Gasteiger partial charge in [-0.15, -0.1) is 0 Å². The molecule has 0 N–H and O–H groups in total. The Morgan fingerprint density at radius 1 is 1.10 bits per heavy atom. The van der Waals surface area contributed by atoms with Gasteiger partial charge in [-0.25, -0.2) is 5.01 Å². The second-order valence-electron chi connectivity index (χ2n) is 8.43. The minimum absolute atomic E-state index is 0.161. The van der Waals surface area contributed by atoms with Crippen molar-refractivity contribution >= 4 is 5.71 Å².